The van der Waals surface area contributed by atoms with Gasteiger partial charge >= 0.3 is 5.97 Å². The fraction of sp³-hybridized carbons (Fsp3) is 0.600. The number of hydrogen-bond donors (Lipinski definition) is 0. The summed E-state index contributed by atoms with van der Waals surface area (Å²) in [6.07, 6.45) is 1.23. The van der Waals surface area contributed by atoms with Gasteiger partial charge in [0.05, 0.1) is 6.61 Å². The van der Waals surface area contributed by atoms with E-state index in [2.05, 4.69) is 9.73 Å². The number of nitrogens with zero attached hydrogens (tertiary/aromatic N) is 1. The van der Waals surface area contributed by atoms with Crippen molar-refractivity contribution in [3.05, 3.63) is 0 Å². The van der Waals surface area contributed by atoms with Crippen LogP contribution in [-0.2, 0) is 14.3 Å². The zero-order chi connectivity index (χ0) is 7.11. The van der Waals surface area contributed by atoms with Crippen LogP contribution in [0, 0.1) is 0 Å². The van der Waals surface area contributed by atoms with Gasteiger partial charge in [-0.2, -0.15) is 4.99 Å². The summed E-state index contributed by atoms with van der Waals surface area (Å²) >= 11 is 0. The molecule has 5 nitrogen and oxygen atoms in total. The molecular weight excluding hydrogens is 138 g/mol. The quantitative estimate of drug-likeness (QED) is 0.293. The monoisotopic (exact) mass is 147 g/mol. The van der Waals surface area contributed by atoms with Gasteiger partial charge in [0, 0.05) is 0 Å². The Morgan fingerprint density at radius 2 is 2.30 bits per heavy atom. The highest BCUT2D eigenvalue weighted by molar-refractivity contribution is 5.72. The van der Waals surface area contributed by atoms with Gasteiger partial charge in [-0.05, 0) is 6.92 Å². The topological polar surface area (TPSA) is 87.2 Å². The molecule has 5 heteroatoms. The average Bonchev–Trinajstić information content (AvgIpc) is 1.85. The molecule has 0 rings (SSSR count). The lowest BCUT2D eigenvalue weighted by molar-refractivity contribution is -0.141. The van der Waals surface area contributed by atoms with Crippen molar-refractivity contribution in [3.8, 4) is 0 Å². The first kappa shape index (κ1) is 11.6. The van der Waals surface area contributed by atoms with Gasteiger partial charge < -0.3 is 10.2 Å². The van der Waals surface area contributed by atoms with Crippen molar-refractivity contribution in [1.29, 1.82) is 0 Å². The second-order valence-electron chi connectivity index (χ2n) is 1.21. The molecule has 0 saturated heterocycles. The van der Waals surface area contributed by atoms with Crippen molar-refractivity contribution in [3.63, 3.8) is 0 Å². The molecule has 0 aliphatic carbocycles. The van der Waals surface area contributed by atoms with Crippen LogP contribution in [0.4, 0.5) is 0 Å². The molecule has 0 amide bonds. The largest absolute Gasteiger partial charge is 0.465 e. The van der Waals surface area contributed by atoms with Gasteiger partial charge in [-0.15, -0.1) is 0 Å². The number of carbonyl (C=O) groups is 1. The molecule has 0 aliphatic heterocycles. The van der Waals surface area contributed by atoms with Crippen LogP contribution in [0.2, 0.25) is 0 Å². The first-order valence-corrected chi connectivity index (χ1v) is 2.50. The number of hydrogen-bond acceptors (Lipinski definition) is 4. The molecule has 10 heavy (non-hydrogen) atoms. The highest BCUT2D eigenvalue weighted by Gasteiger charge is 1.95. The van der Waals surface area contributed by atoms with E-state index in [1.165, 1.54) is 6.08 Å². The molecule has 0 spiro atoms. The van der Waals surface area contributed by atoms with Crippen molar-refractivity contribution in [2.45, 2.75) is 6.92 Å². The normalized spacial score (nSPS) is 6.90. The van der Waals surface area contributed by atoms with Crippen LogP contribution in [0.5, 0.6) is 0 Å². The molecule has 0 saturated carbocycles. The molecule has 0 heterocycles. The summed E-state index contributed by atoms with van der Waals surface area (Å²) < 4.78 is 4.43. The number of rotatable bonds is 3. The minimum atomic E-state index is -0.499. The molecule has 0 aromatic heterocycles. The molecule has 0 bridgehead atoms. The number of aliphatic imine (C=N–C) groups is 1. The molecule has 0 unspecified atom stereocenters. The number of esters is 1. The third-order valence-corrected chi connectivity index (χ3v) is 0.578. The Bertz CT molecular complexity index is 139. The Kier molecular flexibility index (Phi) is 9.05. The summed E-state index contributed by atoms with van der Waals surface area (Å²) in [6.45, 7) is 1.77. The molecular formula is C5H9NO4. The van der Waals surface area contributed by atoms with Gasteiger partial charge in [-0.3, -0.25) is 4.79 Å². The lowest BCUT2D eigenvalue weighted by Crippen LogP contribution is -2.06. The van der Waals surface area contributed by atoms with E-state index in [1.807, 2.05) is 0 Å². The van der Waals surface area contributed by atoms with Crippen molar-refractivity contribution in [1.82, 2.24) is 0 Å². The van der Waals surface area contributed by atoms with Crippen molar-refractivity contribution in [2.24, 2.45) is 4.99 Å². The standard InChI is InChI=1S/C5H7NO3.H2O/c1-2-9-5(8)3-6-4-7;/h2-3H2,1H3;1H2. The lowest BCUT2D eigenvalue weighted by atomic mass is 10.7. The van der Waals surface area contributed by atoms with Crippen LogP contribution < -0.4 is 0 Å². The van der Waals surface area contributed by atoms with E-state index in [-0.39, 0.29) is 12.0 Å². The predicted octanol–water partition coefficient (Wildman–Crippen LogP) is -0.939. The number of ether oxygens (including phenoxy) is 1. The highest BCUT2D eigenvalue weighted by Crippen LogP contribution is 1.76. The molecule has 0 aromatic carbocycles. The van der Waals surface area contributed by atoms with Gasteiger partial charge in [0.1, 0.15) is 6.54 Å². The second kappa shape index (κ2) is 7.81. The van der Waals surface area contributed by atoms with Gasteiger partial charge in [0.15, 0.2) is 0 Å². The number of carbonyl (C=O) groups excluding carboxylic acids is 2. The smallest absolute Gasteiger partial charge is 0.328 e. The van der Waals surface area contributed by atoms with E-state index in [0.29, 0.717) is 6.61 Å². The van der Waals surface area contributed by atoms with E-state index in [1.54, 1.807) is 6.92 Å². The van der Waals surface area contributed by atoms with Crippen LogP contribution in [0.25, 0.3) is 0 Å². The maximum Gasteiger partial charge on any atom is 0.328 e. The SMILES string of the molecule is CCOC(=O)CN=C=O.O. The Balaban J connectivity index is 0. The zero-order valence-electron chi connectivity index (χ0n) is 5.59. The van der Waals surface area contributed by atoms with Gasteiger partial charge in [-0.25, -0.2) is 4.79 Å². The maximum atomic E-state index is 10.3. The molecule has 0 fully saturated rings. The second-order valence-corrected chi connectivity index (χ2v) is 1.21. The van der Waals surface area contributed by atoms with E-state index >= 15 is 0 Å². The molecule has 0 atom stereocenters. The summed E-state index contributed by atoms with van der Waals surface area (Å²) in [5, 5.41) is 0. The maximum absolute atomic E-state index is 10.3. The highest BCUT2D eigenvalue weighted by atomic mass is 16.5. The Labute approximate surface area is 58.0 Å². The fourth-order valence-corrected chi connectivity index (χ4v) is 0.303. The Hall–Kier alpha value is -1.19. The van der Waals surface area contributed by atoms with Crippen molar-refractivity contribution >= 4 is 12.0 Å². The van der Waals surface area contributed by atoms with Crippen LogP contribution in [0.1, 0.15) is 6.92 Å². The summed E-state index contributed by atoms with van der Waals surface area (Å²) in [4.78, 5) is 22.7. The molecule has 0 radical (unpaired) electrons. The fourth-order valence-electron chi connectivity index (χ4n) is 0.303. The zero-order valence-corrected chi connectivity index (χ0v) is 5.59. The molecule has 2 N–H and O–H groups in total. The minimum Gasteiger partial charge on any atom is -0.465 e. The first-order valence-electron chi connectivity index (χ1n) is 2.50. The van der Waals surface area contributed by atoms with E-state index < -0.39 is 5.97 Å². The summed E-state index contributed by atoms with van der Waals surface area (Å²) in [6, 6.07) is 0. The van der Waals surface area contributed by atoms with Crippen LogP contribution >= 0.6 is 0 Å². The minimum absolute atomic E-state index is 0. The van der Waals surface area contributed by atoms with E-state index in [4.69, 9.17) is 0 Å². The third-order valence-electron chi connectivity index (χ3n) is 0.578. The van der Waals surface area contributed by atoms with Crippen LogP contribution in [0.15, 0.2) is 4.99 Å². The predicted molar refractivity (Wildman–Crippen MR) is 33.2 cm³/mol. The van der Waals surface area contributed by atoms with E-state index in [9.17, 15) is 9.59 Å². The first-order chi connectivity index (χ1) is 4.31. The van der Waals surface area contributed by atoms with E-state index in [0.717, 1.165) is 0 Å². The van der Waals surface area contributed by atoms with Crippen LogP contribution in [-0.4, -0.2) is 30.7 Å². The van der Waals surface area contributed by atoms with Crippen molar-refractivity contribution in [2.75, 3.05) is 13.2 Å². The van der Waals surface area contributed by atoms with Crippen molar-refractivity contribution < 1.29 is 19.8 Å². The van der Waals surface area contributed by atoms with Gasteiger partial charge in [0.25, 0.3) is 0 Å². The summed E-state index contributed by atoms with van der Waals surface area (Å²) in [5.41, 5.74) is 0. The lowest BCUT2D eigenvalue weighted by Gasteiger charge is -1.93. The molecule has 0 aliphatic rings. The molecule has 0 aromatic rings. The summed E-state index contributed by atoms with van der Waals surface area (Å²) in [7, 11) is 0. The van der Waals surface area contributed by atoms with Gasteiger partial charge in [0.2, 0.25) is 6.08 Å². The third kappa shape index (κ3) is 6.81. The molecule has 58 valence electrons. The van der Waals surface area contributed by atoms with Crippen LogP contribution in [0.3, 0.4) is 0 Å². The summed E-state index contributed by atoms with van der Waals surface area (Å²) in [5.74, 6) is -0.499. The average molecular weight is 147 g/mol. The Morgan fingerprint density at radius 3 is 2.70 bits per heavy atom. The number of isocyanates is 1. The Morgan fingerprint density at radius 1 is 1.70 bits per heavy atom. The van der Waals surface area contributed by atoms with Gasteiger partial charge in [-0.1, -0.05) is 0 Å².